The lowest BCUT2D eigenvalue weighted by molar-refractivity contribution is -0.266. The maximum Gasteiger partial charge on any atom is 0.433 e. The summed E-state index contributed by atoms with van der Waals surface area (Å²) in [5.74, 6) is -1.72. The predicted molar refractivity (Wildman–Crippen MR) is 159 cm³/mol. The molecule has 4 aliphatic rings. The highest BCUT2D eigenvalue weighted by atomic mass is 19.4. The van der Waals surface area contributed by atoms with Gasteiger partial charge in [-0.25, -0.2) is 9.78 Å². The van der Waals surface area contributed by atoms with Crippen LogP contribution in [0.3, 0.4) is 0 Å². The molecule has 0 aromatic carbocycles. The van der Waals surface area contributed by atoms with Crippen LogP contribution in [0.5, 0.6) is 0 Å². The van der Waals surface area contributed by atoms with Crippen molar-refractivity contribution in [2.24, 2.45) is 5.41 Å². The van der Waals surface area contributed by atoms with Crippen LogP contribution in [0.25, 0.3) is 0 Å². The largest absolute Gasteiger partial charge is 0.433 e. The predicted octanol–water partition coefficient (Wildman–Crippen LogP) is 4.19. The summed E-state index contributed by atoms with van der Waals surface area (Å²) >= 11 is 0. The van der Waals surface area contributed by atoms with Crippen molar-refractivity contribution in [3.8, 4) is 0 Å². The van der Waals surface area contributed by atoms with Gasteiger partial charge in [-0.2, -0.15) is 26.3 Å². The average Bonchev–Trinajstić information content (AvgIpc) is 3.03. The molecule has 264 valence electrons. The summed E-state index contributed by atoms with van der Waals surface area (Å²) in [7, 11) is 0. The minimum Gasteiger partial charge on any atom is -0.411 e. The quantitative estimate of drug-likeness (QED) is 0.461. The van der Waals surface area contributed by atoms with Gasteiger partial charge in [-0.1, -0.05) is 26.8 Å². The average molecular weight is 687 g/mol. The normalized spacial score (nSPS) is 30.8. The number of morpholine rings is 1. The second-order valence-electron chi connectivity index (χ2n) is 14.2. The Morgan fingerprint density at radius 1 is 1.00 bits per heavy atom. The van der Waals surface area contributed by atoms with Crippen LogP contribution in [0.2, 0.25) is 0 Å². The van der Waals surface area contributed by atoms with Crippen LogP contribution < -0.4 is 5.32 Å². The number of amides is 1. The molecule has 4 aliphatic heterocycles. The highest BCUT2D eigenvalue weighted by molar-refractivity contribution is 5.69. The van der Waals surface area contributed by atoms with Gasteiger partial charge in [0.05, 0.1) is 24.9 Å². The Hall–Kier alpha value is -3.05. The minimum atomic E-state index is -4.66. The smallest absolute Gasteiger partial charge is 0.411 e. The number of carbonyl (C=O) groups excluding carboxylic acids is 1. The molecule has 16 heteroatoms. The van der Waals surface area contributed by atoms with Crippen LogP contribution >= 0.6 is 0 Å². The molecule has 2 aromatic rings. The molecule has 0 bridgehead atoms. The number of piperidine rings is 1. The number of piperazine rings is 2. The van der Waals surface area contributed by atoms with Crippen LogP contribution in [-0.4, -0.2) is 106 Å². The molecule has 6 heterocycles. The molecule has 1 amide bonds. The summed E-state index contributed by atoms with van der Waals surface area (Å²) < 4.78 is 92.8. The molecule has 48 heavy (non-hydrogen) atoms. The van der Waals surface area contributed by atoms with Crippen LogP contribution in [-0.2, 0) is 33.2 Å². The summed E-state index contributed by atoms with van der Waals surface area (Å²) in [6, 6.07) is 4.84. The second-order valence-corrected chi connectivity index (χ2v) is 14.2. The van der Waals surface area contributed by atoms with Crippen LogP contribution in [0.4, 0.5) is 31.1 Å². The molecule has 0 saturated carbocycles. The van der Waals surface area contributed by atoms with Gasteiger partial charge in [-0.15, -0.1) is 0 Å². The van der Waals surface area contributed by atoms with E-state index in [0.29, 0.717) is 32.6 Å². The first kappa shape index (κ1) is 34.8. The number of hydrogen-bond donors (Lipinski definition) is 2. The van der Waals surface area contributed by atoms with Crippen LogP contribution in [0, 0.1) is 5.41 Å². The number of aliphatic hydroxyl groups is 1. The molecule has 0 aliphatic carbocycles. The van der Waals surface area contributed by atoms with E-state index in [1.807, 2.05) is 25.7 Å². The maximum absolute atomic E-state index is 14.3. The Morgan fingerprint density at radius 3 is 2.42 bits per heavy atom. The van der Waals surface area contributed by atoms with Gasteiger partial charge in [0.1, 0.15) is 17.0 Å². The van der Waals surface area contributed by atoms with Crippen molar-refractivity contribution in [1.82, 2.24) is 30.0 Å². The lowest BCUT2D eigenvalue weighted by atomic mass is 9.74. The number of rotatable bonds is 3. The molecule has 4 saturated heterocycles. The van der Waals surface area contributed by atoms with Crippen LogP contribution in [0.1, 0.15) is 56.3 Å². The number of aromatic nitrogens is 2. The number of nitrogens with one attached hydrogen (secondary N) is 1. The molecular weight excluding hydrogens is 646 g/mol. The Morgan fingerprint density at radius 2 is 1.75 bits per heavy atom. The van der Waals surface area contributed by atoms with E-state index in [0.717, 1.165) is 18.3 Å². The molecule has 10 nitrogen and oxygen atoms in total. The molecule has 2 aromatic heterocycles. The number of pyridine rings is 2. The van der Waals surface area contributed by atoms with E-state index in [1.165, 1.54) is 18.2 Å². The summed E-state index contributed by atoms with van der Waals surface area (Å²) in [6.45, 7) is 8.60. The van der Waals surface area contributed by atoms with Gasteiger partial charge >= 0.3 is 18.4 Å². The fourth-order valence-corrected chi connectivity index (χ4v) is 7.60. The van der Waals surface area contributed by atoms with Crippen molar-refractivity contribution < 1.29 is 45.7 Å². The molecule has 6 rings (SSSR count). The number of nitrogens with zero attached hydrogens (tertiary/aromatic N) is 5. The Labute approximate surface area is 274 Å². The fraction of sp³-hybridized carbons (Fsp3) is 0.656. The van der Waals surface area contributed by atoms with Crippen molar-refractivity contribution in [1.29, 1.82) is 0 Å². The zero-order chi connectivity index (χ0) is 34.7. The summed E-state index contributed by atoms with van der Waals surface area (Å²) in [5, 5.41) is 14.9. The molecule has 4 fully saturated rings. The number of ether oxygens (including phenoxy) is 2. The van der Waals surface area contributed by atoms with E-state index in [-0.39, 0.29) is 56.0 Å². The van der Waals surface area contributed by atoms with E-state index < -0.39 is 52.7 Å². The molecule has 0 radical (unpaired) electrons. The van der Waals surface area contributed by atoms with Gasteiger partial charge < -0.3 is 24.8 Å². The molecule has 5 atom stereocenters. The number of hydrogen-bond acceptors (Lipinski definition) is 9. The maximum atomic E-state index is 14.3. The first-order chi connectivity index (χ1) is 22.4. The van der Waals surface area contributed by atoms with E-state index >= 15 is 0 Å². The monoisotopic (exact) mass is 686 g/mol. The van der Waals surface area contributed by atoms with Crippen molar-refractivity contribution in [2.45, 2.75) is 75.5 Å². The first-order valence-corrected chi connectivity index (χ1v) is 16.0. The zero-order valence-corrected chi connectivity index (χ0v) is 26.9. The molecule has 0 spiro atoms. The third-order valence-corrected chi connectivity index (χ3v) is 9.89. The highest BCUT2D eigenvalue weighted by Crippen LogP contribution is 2.43. The Kier molecular flexibility index (Phi) is 8.97. The fourth-order valence-electron chi connectivity index (χ4n) is 7.60. The first-order valence-electron chi connectivity index (χ1n) is 16.0. The Balaban J connectivity index is 1.26. The summed E-state index contributed by atoms with van der Waals surface area (Å²) in [6.07, 6.45) is -8.50. The van der Waals surface area contributed by atoms with E-state index in [2.05, 4.69) is 20.2 Å². The Bertz CT molecular complexity index is 1490. The summed E-state index contributed by atoms with van der Waals surface area (Å²) in [5.41, 5.74) is -4.17. The van der Waals surface area contributed by atoms with E-state index in [9.17, 15) is 36.2 Å². The summed E-state index contributed by atoms with van der Waals surface area (Å²) in [4.78, 5) is 27.3. The topological polar surface area (TPSA) is 103 Å². The number of alkyl halides is 6. The van der Waals surface area contributed by atoms with Gasteiger partial charge in [0, 0.05) is 63.1 Å². The van der Waals surface area contributed by atoms with Crippen molar-refractivity contribution in [3.05, 3.63) is 59.2 Å². The molecular formula is C32H40F6N6O4. The van der Waals surface area contributed by atoms with Gasteiger partial charge in [-0.05, 0) is 42.5 Å². The third kappa shape index (κ3) is 6.73. The zero-order valence-electron chi connectivity index (χ0n) is 26.9. The number of halogens is 6. The number of carbonyl (C=O) groups is 1. The highest BCUT2D eigenvalue weighted by Gasteiger charge is 2.53. The number of fused-ring (bicyclic) bond motifs is 2. The molecule has 1 unspecified atom stereocenters. The van der Waals surface area contributed by atoms with Crippen LogP contribution in [0.15, 0.2) is 36.5 Å². The second kappa shape index (κ2) is 12.4. The van der Waals surface area contributed by atoms with Crippen molar-refractivity contribution in [3.63, 3.8) is 0 Å². The van der Waals surface area contributed by atoms with Gasteiger partial charge in [-0.3, -0.25) is 14.8 Å². The van der Waals surface area contributed by atoms with Gasteiger partial charge in [0.15, 0.2) is 0 Å². The van der Waals surface area contributed by atoms with E-state index in [1.54, 1.807) is 4.90 Å². The van der Waals surface area contributed by atoms with Gasteiger partial charge in [0.25, 0.3) is 5.79 Å². The van der Waals surface area contributed by atoms with Crippen molar-refractivity contribution >= 4 is 6.09 Å². The van der Waals surface area contributed by atoms with E-state index in [4.69, 9.17) is 9.47 Å². The van der Waals surface area contributed by atoms with Gasteiger partial charge in [0.2, 0.25) is 0 Å². The lowest BCUT2D eigenvalue weighted by Crippen LogP contribution is -2.69. The lowest BCUT2D eigenvalue weighted by Gasteiger charge is -2.56. The molecule has 2 N–H and O–H groups in total. The SMILES string of the molecule is CC(C)(C)C1[C@H]2CC[C@](O)(c3cccc(C(F)(F)F)n3)CN2CCN1C(=O)O[C@]1(c2ccc(C(F)(F)F)nc2)CN2CCNC[C@H]2CO1. The standard InChI is InChI=1S/C32H40F6N6O4/c1-28(2,3)26-22-9-10-29(46,23-5-4-6-25(41-23)32(36,37)38)18-43(22)13-14-44(26)27(45)48-30(19-42-12-11-39-16-21(42)17-47-30)20-7-8-24(40-15-20)31(33,34)35/h4-8,15,21-22,26,39,46H,9-14,16-19H2,1-3H3/t21-,22+,26?,29+,30-/m0/s1. The third-order valence-electron chi connectivity index (χ3n) is 9.89. The van der Waals surface area contributed by atoms with Crippen molar-refractivity contribution in [2.75, 3.05) is 52.4 Å². The minimum absolute atomic E-state index is 0.00819.